The molecule has 0 amide bonds. The summed E-state index contributed by atoms with van der Waals surface area (Å²) in [7, 11) is 0. The first-order valence-electron chi connectivity index (χ1n) is 6.09. The number of halogens is 1. The molecule has 1 aromatic carbocycles. The third kappa shape index (κ3) is 2.14. The Hall–Kier alpha value is -2.33. The minimum atomic E-state index is 0.336. The maximum Gasteiger partial charge on any atom is 0.178 e. The molecule has 3 rings (SSSR count). The van der Waals surface area contributed by atoms with E-state index in [1.54, 1.807) is 12.4 Å². The maximum atomic E-state index is 6.29. The van der Waals surface area contributed by atoms with E-state index >= 15 is 0 Å². The Bertz CT molecular complexity index is 753. The van der Waals surface area contributed by atoms with E-state index < -0.39 is 0 Å². The molecule has 0 bridgehead atoms. The zero-order valence-corrected chi connectivity index (χ0v) is 11.6. The largest absolute Gasteiger partial charge is 0.380 e. The Morgan fingerprint density at radius 3 is 2.60 bits per heavy atom. The Morgan fingerprint density at radius 2 is 1.90 bits per heavy atom. The van der Waals surface area contributed by atoms with Crippen LogP contribution in [0.3, 0.4) is 0 Å². The second kappa shape index (κ2) is 4.98. The third-order valence-electron chi connectivity index (χ3n) is 3.06. The van der Waals surface area contributed by atoms with Crippen LogP contribution in [0.1, 0.15) is 5.56 Å². The fraction of sp³-hybridized carbons (Fsp3) is 0.0667. The Morgan fingerprint density at radius 1 is 1.15 bits per heavy atom. The van der Waals surface area contributed by atoms with Gasteiger partial charge in [0.15, 0.2) is 11.6 Å². The fourth-order valence-corrected chi connectivity index (χ4v) is 2.41. The number of hydrogen-bond acceptors (Lipinski definition) is 4. The van der Waals surface area contributed by atoms with E-state index in [1.807, 2.05) is 37.3 Å². The standard InChI is InChI=1S/C15H12ClN3O/c1-9-2-3-11(12(16)8-9)14-13(15(17)19-20-14)10-4-6-18-7-5-10/h2-8H,1H3,(H2,17,19). The van der Waals surface area contributed by atoms with Crippen LogP contribution < -0.4 is 5.73 Å². The van der Waals surface area contributed by atoms with Gasteiger partial charge in [0.25, 0.3) is 0 Å². The number of nitrogen functional groups attached to an aromatic ring is 1. The van der Waals surface area contributed by atoms with Gasteiger partial charge in [0, 0.05) is 18.0 Å². The summed E-state index contributed by atoms with van der Waals surface area (Å²) in [5, 5.41) is 4.46. The number of hydrogen-bond donors (Lipinski definition) is 1. The van der Waals surface area contributed by atoms with Crippen molar-refractivity contribution in [2.45, 2.75) is 6.92 Å². The molecular formula is C15H12ClN3O. The van der Waals surface area contributed by atoms with Crippen molar-refractivity contribution in [3.05, 3.63) is 53.3 Å². The van der Waals surface area contributed by atoms with Gasteiger partial charge in [-0.25, -0.2) is 0 Å². The summed E-state index contributed by atoms with van der Waals surface area (Å²) >= 11 is 6.29. The smallest absolute Gasteiger partial charge is 0.178 e. The summed E-state index contributed by atoms with van der Waals surface area (Å²) in [6.07, 6.45) is 3.39. The first kappa shape index (κ1) is 12.7. The molecule has 2 aromatic heterocycles. The molecule has 100 valence electrons. The van der Waals surface area contributed by atoms with Crippen LogP contribution in [0, 0.1) is 6.92 Å². The third-order valence-corrected chi connectivity index (χ3v) is 3.37. The zero-order valence-electron chi connectivity index (χ0n) is 10.8. The van der Waals surface area contributed by atoms with E-state index in [1.165, 1.54) is 0 Å². The van der Waals surface area contributed by atoms with Crippen molar-refractivity contribution in [2.24, 2.45) is 0 Å². The molecule has 0 fully saturated rings. The van der Waals surface area contributed by atoms with Crippen LogP contribution in [0.25, 0.3) is 22.5 Å². The molecule has 0 saturated carbocycles. The number of benzene rings is 1. The Balaban J connectivity index is 2.21. The molecule has 2 N–H and O–H groups in total. The van der Waals surface area contributed by atoms with Crippen molar-refractivity contribution >= 4 is 17.4 Å². The van der Waals surface area contributed by atoms with E-state index in [0.29, 0.717) is 16.6 Å². The molecule has 5 heteroatoms. The Labute approximate surface area is 121 Å². The van der Waals surface area contributed by atoms with E-state index in [4.69, 9.17) is 21.9 Å². The van der Waals surface area contributed by atoms with Gasteiger partial charge in [0.1, 0.15) is 0 Å². The van der Waals surface area contributed by atoms with Gasteiger partial charge in [-0.05, 0) is 42.3 Å². The minimum absolute atomic E-state index is 0.336. The van der Waals surface area contributed by atoms with Crippen molar-refractivity contribution in [3.63, 3.8) is 0 Å². The maximum absolute atomic E-state index is 6.29. The number of nitrogens with zero attached hydrogens (tertiary/aromatic N) is 2. The van der Waals surface area contributed by atoms with Crippen molar-refractivity contribution in [1.29, 1.82) is 0 Å². The van der Waals surface area contributed by atoms with Crippen LogP contribution in [0.2, 0.25) is 5.02 Å². The van der Waals surface area contributed by atoms with E-state index in [2.05, 4.69) is 10.1 Å². The van der Waals surface area contributed by atoms with Gasteiger partial charge in [0.05, 0.1) is 10.6 Å². The van der Waals surface area contributed by atoms with Crippen LogP contribution in [0.4, 0.5) is 5.82 Å². The van der Waals surface area contributed by atoms with Crippen molar-refractivity contribution in [1.82, 2.24) is 10.1 Å². The lowest BCUT2D eigenvalue weighted by atomic mass is 10.0. The minimum Gasteiger partial charge on any atom is -0.380 e. The summed E-state index contributed by atoms with van der Waals surface area (Å²) in [5.74, 6) is 0.904. The summed E-state index contributed by atoms with van der Waals surface area (Å²) in [6, 6.07) is 9.47. The second-order valence-electron chi connectivity index (χ2n) is 4.49. The van der Waals surface area contributed by atoms with Crippen LogP contribution >= 0.6 is 11.6 Å². The number of aromatic nitrogens is 2. The highest BCUT2D eigenvalue weighted by atomic mass is 35.5. The van der Waals surface area contributed by atoms with Crippen molar-refractivity contribution < 1.29 is 4.52 Å². The molecule has 0 aliphatic heterocycles. The highest BCUT2D eigenvalue weighted by molar-refractivity contribution is 6.33. The Kier molecular flexibility index (Phi) is 3.16. The van der Waals surface area contributed by atoms with Gasteiger partial charge in [-0.2, -0.15) is 0 Å². The van der Waals surface area contributed by atoms with Crippen LogP contribution in [0.5, 0.6) is 0 Å². The molecule has 3 aromatic rings. The number of nitrogens with two attached hydrogens (primary N) is 1. The molecule has 20 heavy (non-hydrogen) atoms. The molecule has 4 nitrogen and oxygen atoms in total. The zero-order chi connectivity index (χ0) is 14.1. The van der Waals surface area contributed by atoms with Gasteiger partial charge < -0.3 is 10.3 Å². The van der Waals surface area contributed by atoms with E-state index in [-0.39, 0.29) is 0 Å². The van der Waals surface area contributed by atoms with E-state index in [0.717, 1.165) is 22.3 Å². The second-order valence-corrected chi connectivity index (χ2v) is 4.90. The summed E-state index contributed by atoms with van der Waals surface area (Å²) in [5.41, 5.74) is 9.40. The number of rotatable bonds is 2. The highest BCUT2D eigenvalue weighted by Gasteiger charge is 2.19. The molecule has 0 saturated heterocycles. The van der Waals surface area contributed by atoms with Crippen LogP contribution in [-0.4, -0.2) is 10.1 Å². The lowest BCUT2D eigenvalue weighted by Gasteiger charge is -2.05. The quantitative estimate of drug-likeness (QED) is 0.774. The van der Waals surface area contributed by atoms with Crippen LogP contribution in [0.15, 0.2) is 47.2 Å². The van der Waals surface area contributed by atoms with Crippen LogP contribution in [-0.2, 0) is 0 Å². The van der Waals surface area contributed by atoms with Gasteiger partial charge in [-0.1, -0.05) is 22.8 Å². The highest BCUT2D eigenvalue weighted by Crippen LogP contribution is 2.39. The first-order valence-corrected chi connectivity index (χ1v) is 6.46. The van der Waals surface area contributed by atoms with Gasteiger partial charge in [0.2, 0.25) is 0 Å². The number of anilines is 1. The molecule has 0 spiro atoms. The van der Waals surface area contributed by atoms with Gasteiger partial charge >= 0.3 is 0 Å². The predicted molar refractivity (Wildman–Crippen MR) is 79.3 cm³/mol. The average Bonchev–Trinajstić information content (AvgIpc) is 2.81. The molecule has 0 atom stereocenters. The lowest BCUT2D eigenvalue weighted by molar-refractivity contribution is 0.436. The molecule has 0 aliphatic rings. The number of aryl methyl sites for hydroxylation is 1. The average molecular weight is 286 g/mol. The molecule has 2 heterocycles. The normalized spacial score (nSPS) is 10.7. The summed E-state index contributed by atoms with van der Waals surface area (Å²) in [4.78, 5) is 4.00. The molecule has 0 aliphatic carbocycles. The topological polar surface area (TPSA) is 64.9 Å². The fourth-order valence-electron chi connectivity index (χ4n) is 2.09. The first-order chi connectivity index (χ1) is 9.66. The van der Waals surface area contributed by atoms with Crippen molar-refractivity contribution in [2.75, 3.05) is 5.73 Å². The van der Waals surface area contributed by atoms with Gasteiger partial charge in [-0.3, -0.25) is 4.98 Å². The summed E-state index contributed by atoms with van der Waals surface area (Å²) in [6.45, 7) is 1.98. The predicted octanol–water partition coefficient (Wildman–Crippen LogP) is 3.95. The lowest BCUT2D eigenvalue weighted by Crippen LogP contribution is -1.89. The monoisotopic (exact) mass is 285 g/mol. The SMILES string of the molecule is Cc1ccc(-c2onc(N)c2-c2ccncc2)c(Cl)c1. The van der Waals surface area contributed by atoms with Crippen molar-refractivity contribution in [3.8, 4) is 22.5 Å². The van der Waals surface area contributed by atoms with Gasteiger partial charge in [-0.15, -0.1) is 0 Å². The number of pyridine rings is 1. The van der Waals surface area contributed by atoms with E-state index in [9.17, 15) is 0 Å². The molecule has 0 radical (unpaired) electrons. The summed E-state index contributed by atoms with van der Waals surface area (Å²) < 4.78 is 5.38. The molecule has 0 unspecified atom stereocenters. The molecular weight excluding hydrogens is 274 g/mol.